The number of aryl methyl sites for hydroxylation is 1. The van der Waals surface area contributed by atoms with Crippen molar-refractivity contribution >= 4 is 22.4 Å². The summed E-state index contributed by atoms with van der Waals surface area (Å²) >= 11 is 1.21. The second-order valence-corrected chi connectivity index (χ2v) is 6.90. The van der Waals surface area contributed by atoms with Crippen LogP contribution >= 0.6 is 11.3 Å². The van der Waals surface area contributed by atoms with Gasteiger partial charge in [-0.25, -0.2) is 13.8 Å². The third-order valence-electron chi connectivity index (χ3n) is 3.87. The van der Waals surface area contributed by atoms with Crippen molar-refractivity contribution in [3.8, 4) is 22.0 Å². The van der Waals surface area contributed by atoms with E-state index in [4.69, 9.17) is 4.42 Å². The summed E-state index contributed by atoms with van der Waals surface area (Å²) in [6.45, 7) is 0. The van der Waals surface area contributed by atoms with Crippen LogP contribution in [-0.4, -0.2) is 26.1 Å². The fourth-order valence-corrected chi connectivity index (χ4v) is 3.25. The maximum absolute atomic E-state index is 13.8. The van der Waals surface area contributed by atoms with Gasteiger partial charge < -0.3 is 9.73 Å². The molecular formula is C19H13F2N5O2S. The van der Waals surface area contributed by atoms with Crippen LogP contribution in [0.3, 0.4) is 0 Å². The van der Waals surface area contributed by atoms with Crippen molar-refractivity contribution in [3.63, 3.8) is 0 Å². The number of hydrogen-bond acceptors (Lipinski definition) is 7. The summed E-state index contributed by atoms with van der Waals surface area (Å²) in [4.78, 5) is 20.4. The Kier molecular flexibility index (Phi) is 5.34. The first-order valence-electron chi connectivity index (χ1n) is 8.53. The van der Waals surface area contributed by atoms with Crippen molar-refractivity contribution in [1.29, 1.82) is 0 Å². The first-order valence-corrected chi connectivity index (χ1v) is 9.35. The van der Waals surface area contributed by atoms with Crippen molar-refractivity contribution in [1.82, 2.24) is 20.2 Å². The molecule has 1 aromatic carbocycles. The minimum atomic E-state index is -0.745. The number of nitrogens with one attached hydrogen (secondary N) is 1. The number of nitrogens with zero attached hydrogens (tertiary/aromatic N) is 4. The topological polar surface area (TPSA) is 93.8 Å². The lowest BCUT2D eigenvalue weighted by Gasteiger charge is -2.00. The highest BCUT2D eigenvalue weighted by Gasteiger charge is 2.14. The summed E-state index contributed by atoms with van der Waals surface area (Å²) < 4.78 is 32.3. The van der Waals surface area contributed by atoms with Crippen LogP contribution in [0.4, 0.5) is 13.9 Å². The molecule has 0 aliphatic carbocycles. The molecule has 0 fully saturated rings. The van der Waals surface area contributed by atoms with Crippen molar-refractivity contribution in [3.05, 3.63) is 66.3 Å². The molecule has 0 spiro atoms. The zero-order valence-electron chi connectivity index (χ0n) is 14.8. The van der Waals surface area contributed by atoms with Gasteiger partial charge in [0.15, 0.2) is 16.7 Å². The Morgan fingerprint density at radius 2 is 2.03 bits per heavy atom. The third kappa shape index (κ3) is 4.49. The molecule has 0 bridgehead atoms. The lowest BCUT2D eigenvalue weighted by atomic mass is 10.2. The molecule has 3 aromatic heterocycles. The van der Waals surface area contributed by atoms with Gasteiger partial charge in [0.25, 0.3) is 0 Å². The fraction of sp³-hybridized carbons (Fsp3) is 0.105. The van der Waals surface area contributed by atoms with Crippen molar-refractivity contribution in [2.24, 2.45) is 0 Å². The number of benzene rings is 1. The minimum Gasteiger partial charge on any atom is -0.441 e. The average Bonchev–Trinajstić information content (AvgIpc) is 3.37. The third-order valence-corrected chi connectivity index (χ3v) is 4.73. The summed E-state index contributed by atoms with van der Waals surface area (Å²) in [6, 6.07) is 8.62. The number of amides is 1. The van der Waals surface area contributed by atoms with Gasteiger partial charge in [-0.15, -0.1) is 10.2 Å². The summed E-state index contributed by atoms with van der Waals surface area (Å²) in [5.41, 5.74) is 0.774. The van der Waals surface area contributed by atoms with Crippen LogP contribution in [0.25, 0.3) is 22.0 Å². The molecule has 0 unspecified atom stereocenters. The predicted octanol–water partition coefficient (Wildman–Crippen LogP) is 4.10. The maximum atomic E-state index is 13.8. The van der Waals surface area contributed by atoms with Gasteiger partial charge in [0.1, 0.15) is 17.3 Å². The molecule has 0 saturated carbocycles. The van der Waals surface area contributed by atoms with E-state index in [2.05, 4.69) is 25.5 Å². The van der Waals surface area contributed by atoms with Gasteiger partial charge >= 0.3 is 0 Å². The number of pyridine rings is 1. The monoisotopic (exact) mass is 413 g/mol. The summed E-state index contributed by atoms with van der Waals surface area (Å²) in [5.74, 6) is -1.27. The molecule has 10 heteroatoms. The van der Waals surface area contributed by atoms with Gasteiger partial charge in [0, 0.05) is 25.1 Å². The maximum Gasteiger partial charge on any atom is 0.226 e. The van der Waals surface area contributed by atoms with E-state index in [0.29, 0.717) is 15.8 Å². The van der Waals surface area contributed by atoms with Crippen LogP contribution in [0, 0.1) is 11.6 Å². The number of carbonyl (C=O) groups excluding carboxylic acids is 1. The Morgan fingerprint density at radius 1 is 1.14 bits per heavy atom. The van der Waals surface area contributed by atoms with E-state index in [0.717, 1.165) is 12.1 Å². The van der Waals surface area contributed by atoms with Crippen LogP contribution in [0.15, 0.2) is 53.2 Å². The van der Waals surface area contributed by atoms with Gasteiger partial charge in [-0.1, -0.05) is 17.4 Å². The number of anilines is 1. The summed E-state index contributed by atoms with van der Waals surface area (Å²) in [5, 5.41) is 11.6. The van der Waals surface area contributed by atoms with E-state index in [1.54, 1.807) is 18.3 Å². The van der Waals surface area contributed by atoms with Gasteiger partial charge in [0.05, 0.1) is 11.8 Å². The van der Waals surface area contributed by atoms with Crippen molar-refractivity contribution < 1.29 is 18.0 Å². The summed E-state index contributed by atoms with van der Waals surface area (Å²) in [7, 11) is 0. The zero-order chi connectivity index (χ0) is 20.2. The number of rotatable bonds is 6. The molecule has 1 N–H and O–H groups in total. The van der Waals surface area contributed by atoms with E-state index < -0.39 is 11.6 Å². The standard InChI is InChI=1S/C19H13F2N5O2S/c20-11-4-5-12(13(21)9-11)15-10-23-17(28-15)7-6-16(27)24-19-26-25-18(29-19)14-3-1-2-8-22-14/h1-5,8-10H,6-7H2,(H,24,26,27). The normalized spacial score (nSPS) is 10.8. The molecule has 146 valence electrons. The van der Waals surface area contributed by atoms with Gasteiger partial charge in [0.2, 0.25) is 11.0 Å². The molecule has 29 heavy (non-hydrogen) atoms. The molecule has 7 nitrogen and oxygen atoms in total. The molecule has 0 atom stereocenters. The second-order valence-electron chi connectivity index (χ2n) is 5.92. The summed E-state index contributed by atoms with van der Waals surface area (Å²) in [6.07, 6.45) is 3.29. The Bertz CT molecular complexity index is 1150. The van der Waals surface area contributed by atoms with Crippen molar-refractivity contribution in [2.75, 3.05) is 5.32 Å². The van der Waals surface area contributed by atoms with Gasteiger partial charge in [-0.3, -0.25) is 9.78 Å². The molecular weight excluding hydrogens is 400 g/mol. The Hall–Kier alpha value is -3.53. The number of halogens is 2. The van der Waals surface area contributed by atoms with Crippen molar-refractivity contribution in [2.45, 2.75) is 12.8 Å². The molecule has 0 saturated heterocycles. The van der Waals surface area contributed by atoms with Crippen LogP contribution in [0.1, 0.15) is 12.3 Å². The minimum absolute atomic E-state index is 0.0877. The van der Waals surface area contributed by atoms with Gasteiger partial charge in [-0.2, -0.15) is 0 Å². The van der Waals surface area contributed by atoms with E-state index >= 15 is 0 Å². The molecule has 3 heterocycles. The highest BCUT2D eigenvalue weighted by atomic mass is 32.1. The van der Waals surface area contributed by atoms with E-state index in [-0.39, 0.29) is 36.0 Å². The molecule has 0 aliphatic heterocycles. The highest BCUT2D eigenvalue weighted by Crippen LogP contribution is 2.26. The van der Waals surface area contributed by atoms with Crippen LogP contribution in [0.5, 0.6) is 0 Å². The highest BCUT2D eigenvalue weighted by molar-refractivity contribution is 7.18. The largest absolute Gasteiger partial charge is 0.441 e. The molecule has 0 radical (unpaired) electrons. The fourth-order valence-electron chi connectivity index (χ4n) is 2.51. The van der Waals surface area contributed by atoms with E-state index in [1.807, 2.05) is 6.07 Å². The van der Waals surface area contributed by atoms with E-state index in [1.165, 1.54) is 23.6 Å². The van der Waals surface area contributed by atoms with Crippen LogP contribution < -0.4 is 5.32 Å². The Labute approximate surface area is 167 Å². The molecule has 4 rings (SSSR count). The first-order chi connectivity index (χ1) is 14.1. The SMILES string of the molecule is O=C(CCc1ncc(-c2ccc(F)cc2F)o1)Nc1nnc(-c2ccccn2)s1. The smallest absolute Gasteiger partial charge is 0.226 e. The Balaban J connectivity index is 1.35. The number of oxazole rings is 1. The number of aromatic nitrogens is 4. The number of carbonyl (C=O) groups is 1. The lowest BCUT2D eigenvalue weighted by Crippen LogP contribution is -2.12. The molecule has 0 aliphatic rings. The lowest BCUT2D eigenvalue weighted by molar-refractivity contribution is -0.116. The van der Waals surface area contributed by atoms with Gasteiger partial charge in [-0.05, 0) is 24.3 Å². The number of hydrogen-bond donors (Lipinski definition) is 1. The predicted molar refractivity (Wildman–Crippen MR) is 102 cm³/mol. The van der Waals surface area contributed by atoms with Crippen LogP contribution in [0.2, 0.25) is 0 Å². The quantitative estimate of drug-likeness (QED) is 0.511. The van der Waals surface area contributed by atoms with Crippen LogP contribution in [-0.2, 0) is 11.2 Å². The zero-order valence-corrected chi connectivity index (χ0v) is 15.6. The molecule has 4 aromatic rings. The average molecular weight is 413 g/mol. The first kappa shape index (κ1) is 18.8. The van der Waals surface area contributed by atoms with E-state index in [9.17, 15) is 13.6 Å². The Morgan fingerprint density at radius 3 is 2.83 bits per heavy atom. The molecule has 1 amide bonds. The second kappa shape index (κ2) is 8.23.